The van der Waals surface area contributed by atoms with E-state index in [0.29, 0.717) is 145 Å². The lowest BCUT2D eigenvalue weighted by atomic mass is 10.1. The maximum absolute atomic E-state index is 11.8. The van der Waals surface area contributed by atoms with Crippen molar-refractivity contribution in [3.05, 3.63) is 0 Å². The summed E-state index contributed by atoms with van der Waals surface area (Å²) in [5, 5.41) is 3.33. The summed E-state index contributed by atoms with van der Waals surface area (Å²) < 4.78 is 60.5. The van der Waals surface area contributed by atoms with E-state index in [9.17, 15) is 4.79 Å². The molecule has 1 aliphatic rings. The van der Waals surface area contributed by atoms with Gasteiger partial charge in [0, 0.05) is 6.42 Å². The highest BCUT2D eigenvalue weighted by Gasteiger charge is 2.12. The first-order chi connectivity index (χ1) is 24.8. The summed E-state index contributed by atoms with van der Waals surface area (Å²) in [5.74, 6) is -0.134. The van der Waals surface area contributed by atoms with E-state index in [1.807, 2.05) is 0 Å². The maximum atomic E-state index is 11.8. The highest BCUT2D eigenvalue weighted by Crippen LogP contribution is 2.11. The molecular formula is C37H73NO12. The predicted octanol–water partition coefficient (Wildman–Crippen LogP) is 4.37. The van der Waals surface area contributed by atoms with E-state index in [4.69, 9.17) is 52.1 Å². The fourth-order valence-corrected chi connectivity index (χ4v) is 4.96. The van der Waals surface area contributed by atoms with Crippen molar-refractivity contribution in [3.8, 4) is 0 Å². The molecular weight excluding hydrogens is 650 g/mol. The van der Waals surface area contributed by atoms with E-state index in [2.05, 4.69) is 12.2 Å². The molecule has 0 spiro atoms. The van der Waals surface area contributed by atoms with Crippen molar-refractivity contribution in [2.24, 2.45) is 0 Å². The van der Waals surface area contributed by atoms with Crippen LogP contribution in [-0.2, 0) is 56.9 Å². The summed E-state index contributed by atoms with van der Waals surface area (Å²) in [7, 11) is 0. The summed E-state index contributed by atoms with van der Waals surface area (Å²) in [6, 6.07) is 0. The number of rotatable bonds is 41. The first kappa shape index (κ1) is 47.1. The molecule has 0 atom stereocenters. The molecule has 1 heterocycles. The molecule has 0 aromatic heterocycles. The van der Waals surface area contributed by atoms with Gasteiger partial charge in [-0.3, -0.25) is 4.79 Å². The minimum absolute atomic E-state index is 0.134. The molecule has 0 aliphatic carbocycles. The third kappa shape index (κ3) is 36.8. The van der Waals surface area contributed by atoms with Crippen molar-refractivity contribution in [2.45, 2.75) is 90.1 Å². The minimum atomic E-state index is -0.134. The molecule has 1 saturated heterocycles. The average molecular weight is 724 g/mol. The third-order valence-electron chi connectivity index (χ3n) is 7.82. The number of carbonyl (C=O) groups excluding carboxylic acids is 1. The van der Waals surface area contributed by atoms with Crippen molar-refractivity contribution < 1.29 is 56.9 Å². The van der Waals surface area contributed by atoms with Gasteiger partial charge in [-0.2, -0.15) is 0 Å². The zero-order valence-corrected chi connectivity index (χ0v) is 31.5. The van der Waals surface area contributed by atoms with Gasteiger partial charge in [0.25, 0.3) is 0 Å². The number of carbonyl (C=O) groups is 1. The van der Waals surface area contributed by atoms with E-state index in [0.717, 1.165) is 38.8 Å². The van der Waals surface area contributed by atoms with Gasteiger partial charge >= 0.3 is 5.97 Å². The van der Waals surface area contributed by atoms with E-state index in [1.54, 1.807) is 0 Å². The zero-order chi connectivity index (χ0) is 35.7. The van der Waals surface area contributed by atoms with Crippen LogP contribution in [0.5, 0.6) is 0 Å². The number of hydrogen-bond donors (Lipinski definition) is 1. The van der Waals surface area contributed by atoms with E-state index < -0.39 is 0 Å². The number of piperidine rings is 1. The lowest BCUT2D eigenvalue weighted by Gasteiger charge is -2.22. The van der Waals surface area contributed by atoms with Gasteiger partial charge in [-0.05, 0) is 32.4 Å². The standard InChI is InChI=1S/C37H73NO12/c1-2-3-4-5-6-7-8-9-10-11-37(39)50-35-33-48-31-29-46-27-25-44-23-21-42-19-17-40-16-18-41-20-22-43-24-26-45-28-30-47-32-34-49-36-12-14-38-15-13-36/h36,38H,2-35H2,1H3. The summed E-state index contributed by atoms with van der Waals surface area (Å²) in [4.78, 5) is 11.8. The Morgan fingerprint density at radius 3 is 1.14 bits per heavy atom. The van der Waals surface area contributed by atoms with Gasteiger partial charge in [0.2, 0.25) is 0 Å². The van der Waals surface area contributed by atoms with Gasteiger partial charge in [-0.25, -0.2) is 0 Å². The van der Waals surface area contributed by atoms with Crippen LogP contribution in [0.4, 0.5) is 0 Å². The number of esters is 1. The molecule has 0 aromatic carbocycles. The molecule has 50 heavy (non-hydrogen) atoms. The maximum Gasteiger partial charge on any atom is 0.305 e. The monoisotopic (exact) mass is 724 g/mol. The Hall–Kier alpha value is -0.970. The van der Waals surface area contributed by atoms with E-state index in [1.165, 1.54) is 44.9 Å². The first-order valence-electron chi connectivity index (χ1n) is 19.5. The summed E-state index contributed by atoms with van der Waals surface area (Å²) >= 11 is 0. The van der Waals surface area contributed by atoms with Crippen LogP contribution in [0.2, 0.25) is 0 Å². The van der Waals surface area contributed by atoms with Crippen LogP contribution in [0, 0.1) is 0 Å². The summed E-state index contributed by atoms with van der Waals surface area (Å²) in [6.07, 6.45) is 14.1. The fourth-order valence-electron chi connectivity index (χ4n) is 4.96. The van der Waals surface area contributed by atoms with E-state index >= 15 is 0 Å². The molecule has 13 heteroatoms. The number of hydrogen-bond acceptors (Lipinski definition) is 13. The second-order valence-electron chi connectivity index (χ2n) is 12.1. The number of unbranched alkanes of at least 4 members (excludes halogenated alkanes) is 8. The van der Waals surface area contributed by atoms with Crippen LogP contribution in [-0.4, -0.2) is 157 Å². The Labute approximate surface area is 303 Å². The molecule has 0 saturated carbocycles. The Bertz CT molecular complexity index is 672. The van der Waals surface area contributed by atoms with Crippen molar-refractivity contribution in [2.75, 3.05) is 145 Å². The molecule has 13 nitrogen and oxygen atoms in total. The van der Waals surface area contributed by atoms with Gasteiger partial charge in [0.1, 0.15) is 6.61 Å². The largest absolute Gasteiger partial charge is 0.463 e. The number of ether oxygens (including phenoxy) is 11. The third-order valence-corrected chi connectivity index (χ3v) is 7.82. The molecule has 298 valence electrons. The van der Waals surface area contributed by atoms with Gasteiger partial charge in [-0.15, -0.1) is 0 Å². The number of nitrogens with one attached hydrogen (secondary N) is 1. The minimum Gasteiger partial charge on any atom is -0.463 e. The van der Waals surface area contributed by atoms with Gasteiger partial charge in [0.15, 0.2) is 0 Å². The lowest BCUT2D eigenvalue weighted by Crippen LogP contribution is -2.33. The summed E-state index contributed by atoms with van der Waals surface area (Å²) in [5.41, 5.74) is 0. The highest BCUT2D eigenvalue weighted by molar-refractivity contribution is 5.69. The van der Waals surface area contributed by atoms with Crippen molar-refractivity contribution in [1.29, 1.82) is 0 Å². The quantitative estimate of drug-likeness (QED) is 0.0709. The van der Waals surface area contributed by atoms with Gasteiger partial charge < -0.3 is 57.4 Å². The van der Waals surface area contributed by atoms with Gasteiger partial charge in [0.05, 0.1) is 132 Å². The van der Waals surface area contributed by atoms with Crippen LogP contribution in [0.1, 0.15) is 84.0 Å². The Morgan fingerprint density at radius 2 is 0.760 bits per heavy atom. The van der Waals surface area contributed by atoms with Crippen molar-refractivity contribution >= 4 is 5.97 Å². The molecule has 0 amide bonds. The summed E-state index contributed by atoms with van der Waals surface area (Å²) in [6.45, 7) is 14.4. The molecule has 0 unspecified atom stereocenters. The second-order valence-corrected chi connectivity index (χ2v) is 12.1. The van der Waals surface area contributed by atoms with Crippen LogP contribution in [0.3, 0.4) is 0 Å². The molecule has 1 aliphatic heterocycles. The molecule has 0 aromatic rings. The fraction of sp³-hybridized carbons (Fsp3) is 0.973. The smallest absolute Gasteiger partial charge is 0.305 e. The Kier molecular flexibility index (Phi) is 38.4. The van der Waals surface area contributed by atoms with Crippen LogP contribution < -0.4 is 5.32 Å². The first-order valence-corrected chi connectivity index (χ1v) is 19.5. The second kappa shape index (κ2) is 40.8. The zero-order valence-electron chi connectivity index (χ0n) is 31.5. The predicted molar refractivity (Wildman–Crippen MR) is 192 cm³/mol. The molecule has 0 radical (unpaired) electrons. The van der Waals surface area contributed by atoms with E-state index in [-0.39, 0.29) is 5.97 Å². The Balaban J connectivity index is 1.62. The average Bonchev–Trinajstić information content (AvgIpc) is 3.13. The highest BCUT2D eigenvalue weighted by atomic mass is 16.6. The molecule has 0 bridgehead atoms. The molecule has 1 N–H and O–H groups in total. The van der Waals surface area contributed by atoms with Crippen LogP contribution in [0.25, 0.3) is 0 Å². The van der Waals surface area contributed by atoms with Crippen LogP contribution >= 0.6 is 0 Å². The normalized spacial score (nSPS) is 13.7. The lowest BCUT2D eigenvalue weighted by molar-refractivity contribution is -0.145. The van der Waals surface area contributed by atoms with Crippen LogP contribution in [0.15, 0.2) is 0 Å². The molecule has 1 fully saturated rings. The van der Waals surface area contributed by atoms with Gasteiger partial charge in [-0.1, -0.05) is 58.3 Å². The molecule has 1 rings (SSSR count). The topological polar surface area (TPSA) is 131 Å². The Morgan fingerprint density at radius 1 is 0.440 bits per heavy atom. The van der Waals surface area contributed by atoms with Crippen molar-refractivity contribution in [3.63, 3.8) is 0 Å². The SMILES string of the molecule is CCCCCCCCCCCC(=O)OCCOCCOCCOCCOCCOCCOCCOCCOCCOCCOC1CCNCC1. The van der Waals surface area contributed by atoms with Crippen molar-refractivity contribution in [1.82, 2.24) is 5.32 Å².